The molecule has 0 spiro atoms. The molecule has 164 valence electrons. The Hall–Kier alpha value is -3.89. The lowest BCUT2D eigenvalue weighted by Gasteiger charge is -2.08. The molecule has 0 radical (unpaired) electrons. The molecule has 0 unspecified atom stereocenters. The summed E-state index contributed by atoms with van der Waals surface area (Å²) in [5.41, 5.74) is -0.207. The summed E-state index contributed by atoms with van der Waals surface area (Å²) < 4.78 is 14.5. The molecular weight excluding hydrogens is 406 g/mol. The Balaban J connectivity index is 2.22. The van der Waals surface area contributed by atoms with Crippen molar-refractivity contribution >= 4 is 29.0 Å². The van der Waals surface area contributed by atoms with Gasteiger partial charge >= 0.3 is 5.69 Å². The van der Waals surface area contributed by atoms with E-state index in [1.54, 1.807) is 31.5 Å². The van der Waals surface area contributed by atoms with Crippen LogP contribution in [0.2, 0.25) is 0 Å². The van der Waals surface area contributed by atoms with Crippen molar-refractivity contribution in [3.8, 4) is 11.5 Å². The van der Waals surface area contributed by atoms with E-state index >= 15 is 0 Å². The van der Waals surface area contributed by atoms with Gasteiger partial charge in [0.2, 0.25) is 0 Å². The number of nitro groups is 1. The van der Waals surface area contributed by atoms with Crippen molar-refractivity contribution < 1.29 is 14.4 Å². The van der Waals surface area contributed by atoms with Gasteiger partial charge < -0.3 is 14.0 Å². The fraction of sp³-hybridized carbons (Fsp3) is 0.350. The molecule has 11 nitrogen and oxygen atoms in total. The Morgan fingerprint density at radius 2 is 1.68 bits per heavy atom. The second-order valence-corrected chi connectivity index (χ2v) is 6.63. The molecule has 1 aromatic carbocycles. The lowest BCUT2D eigenvalue weighted by molar-refractivity contribution is -0.385. The van der Waals surface area contributed by atoms with Crippen LogP contribution in [-0.2, 0) is 20.1 Å². The van der Waals surface area contributed by atoms with Gasteiger partial charge in [-0.2, -0.15) is 0 Å². The molecular formula is C20H23N5O6. The maximum Gasteiger partial charge on any atom is 0.332 e. The molecule has 0 fully saturated rings. The van der Waals surface area contributed by atoms with Crippen molar-refractivity contribution in [3.63, 3.8) is 0 Å². The normalized spacial score (nSPS) is 11.4. The fourth-order valence-electron chi connectivity index (χ4n) is 3.43. The Morgan fingerprint density at radius 1 is 1.06 bits per heavy atom. The van der Waals surface area contributed by atoms with E-state index in [0.717, 1.165) is 4.57 Å². The van der Waals surface area contributed by atoms with Crippen LogP contribution in [0.1, 0.15) is 25.2 Å². The van der Waals surface area contributed by atoms with Crippen LogP contribution in [0.5, 0.6) is 11.5 Å². The van der Waals surface area contributed by atoms with E-state index in [9.17, 15) is 19.7 Å². The molecule has 0 aliphatic carbocycles. The molecule has 0 bridgehead atoms. The molecule has 31 heavy (non-hydrogen) atoms. The molecule has 0 amide bonds. The molecule has 0 N–H and O–H groups in total. The van der Waals surface area contributed by atoms with E-state index in [1.807, 2.05) is 0 Å². The number of nitrogens with zero attached hydrogens (tertiary/aromatic N) is 5. The largest absolute Gasteiger partial charge is 0.493 e. The minimum Gasteiger partial charge on any atom is -0.493 e. The highest BCUT2D eigenvalue weighted by atomic mass is 16.6. The van der Waals surface area contributed by atoms with Crippen LogP contribution in [0.25, 0.3) is 23.3 Å². The number of nitro benzene ring substituents is 1. The van der Waals surface area contributed by atoms with E-state index in [4.69, 9.17) is 9.47 Å². The van der Waals surface area contributed by atoms with Gasteiger partial charge in [0.05, 0.1) is 30.8 Å². The monoisotopic (exact) mass is 429 g/mol. The molecule has 3 rings (SSSR count). The van der Waals surface area contributed by atoms with E-state index in [-0.39, 0.29) is 34.7 Å². The predicted octanol–water partition coefficient (Wildman–Crippen LogP) is 2.03. The van der Waals surface area contributed by atoms with Crippen molar-refractivity contribution in [1.29, 1.82) is 0 Å². The zero-order valence-electron chi connectivity index (χ0n) is 17.9. The molecule has 2 heterocycles. The lowest BCUT2D eigenvalue weighted by atomic mass is 10.1. The van der Waals surface area contributed by atoms with Gasteiger partial charge in [0.15, 0.2) is 22.7 Å². The van der Waals surface area contributed by atoms with Crippen molar-refractivity contribution in [3.05, 3.63) is 54.5 Å². The first-order valence-corrected chi connectivity index (χ1v) is 9.57. The second kappa shape index (κ2) is 8.46. The van der Waals surface area contributed by atoms with Gasteiger partial charge in [-0.15, -0.1) is 0 Å². The number of aromatic nitrogens is 4. The van der Waals surface area contributed by atoms with Gasteiger partial charge in [0.25, 0.3) is 11.2 Å². The zero-order chi connectivity index (χ0) is 22.9. The third-order valence-corrected chi connectivity index (χ3v) is 5.05. The number of fused-ring (bicyclic) bond motifs is 1. The van der Waals surface area contributed by atoms with Crippen molar-refractivity contribution in [2.75, 3.05) is 14.2 Å². The van der Waals surface area contributed by atoms with Crippen molar-refractivity contribution in [1.82, 2.24) is 18.7 Å². The highest BCUT2D eigenvalue weighted by molar-refractivity contribution is 5.79. The number of imidazole rings is 1. The van der Waals surface area contributed by atoms with Crippen LogP contribution >= 0.6 is 0 Å². The summed E-state index contributed by atoms with van der Waals surface area (Å²) in [5.74, 6) is 0.941. The minimum atomic E-state index is -0.523. The molecule has 0 aliphatic rings. The van der Waals surface area contributed by atoms with E-state index in [0.29, 0.717) is 18.1 Å². The van der Waals surface area contributed by atoms with Gasteiger partial charge in [0.1, 0.15) is 5.82 Å². The fourth-order valence-corrected chi connectivity index (χ4v) is 3.43. The smallest absolute Gasteiger partial charge is 0.332 e. The SMILES string of the molecule is CCn1c(=O)c2c(nc(C=Cc3cc(OC)c(OC)cc3[N+](=O)[O-])n2C)n(CC)c1=O. The Bertz CT molecular complexity index is 1310. The average Bonchev–Trinajstić information content (AvgIpc) is 3.08. The number of aryl methyl sites for hydroxylation is 2. The molecule has 0 saturated heterocycles. The van der Waals surface area contributed by atoms with Crippen molar-refractivity contribution in [2.45, 2.75) is 26.9 Å². The summed E-state index contributed by atoms with van der Waals surface area (Å²) in [4.78, 5) is 40.8. The van der Waals surface area contributed by atoms with Gasteiger partial charge in [-0.05, 0) is 32.1 Å². The van der Waals surface area contributed by atoms with Crippen LogP contribution < -0.4 is 20.7 Å². The summed E-state index contributed by atoms with van der Waals surface area (Å²) in [6.45, 7) is 4.10. The molecule has 11 heteroatoms. The number of hydrogen-bond acceptors (Lipinski definition) is 7. The van der Waals surface area contributed by atoms with Gasteiger partial charge in [-0.1, -0.05) is 0 Å². The van der Waals surface area contributed by atoms with Crippen LogP contribution in [0.4, 0.5) is 5.69 Å². The van der Waals surface area contributed by atoms with Gasteiger partial charge in [-0.25, -0.2) is 9.78 Å². The van der Waals surface area contributed by atoms with Crippen LogP contribution in [0.3, 0.4) is 0 Å². The van der Waals surface area contributed by atoms with E-state index in [2.05, 4.69) is 4.98 Å². The number of benzene rings is 1. The third kappa shape index (κ3) is 3.58. The third-order valence-electron chi connectivity index (χ3n) is 5.05. The molecule has 3 aromatic rings. The van der Waals surface area contributed by atoms with Crippen LogP contribution in [-0.4, -0.2) is 37.8 Å². The van der Waals surface area contributed by atoms with Crippen molar-refractivity contribution in [2.24, 2.45) is 7.05 Å². The Labute approximate surface area is 176 Å². The molecule has 0 atom stereocenters. The van der Waals surface area contributed by atoms with Gasteiger partial charge in [-0.3, -0.25) is 24.0 Å². The van der Waals surface area contributed by atoms with Crippen LogP contribution in [0, 0.1) is 10.1 Å². The molecule has 2 aromatic heterocycles. The van der Waals surface area contributed by atoms with Crippen LogP contribution in [0.15, 0.2) is 21.7 Å². The standard InChI is InChI=1S/C20H23N5O6/c1-6-23-18-17(19(26)24(7-2)20(23)27)22(3)16(21-18)9-8-12-10-14(30-4)15(31-5)11-13(12)25(28)29/h8-11H,6-7H2,1-5H3. The van der Waals surface area contributed by atoms with Gasteiger partial charge in [0, 0.05) is 20.1 Å². The number of rotatable bonds is 7. The quantitative estimate of drug-likeness (QED) is 0.416. The average molecular weight is 429 g/mol. The number of ether oxygens (including phenoxy) is 2. The Morgan fingerprint density at radius 3 is 2.23 bits per heavy atom. The number of hydrogen-bond donors (Lipinski definition) is 0. The first kappa shape index (κ1) is 21.8. The topological polar surface area (TPSA) is 123 Å². The first-order chi connectivity index (χ1) is 14.8. The first-order valence-electron chi connectivity index (χ1n) is 9.57. The highest BCUT2D eigenvalue weighted by Crippen LogP contribution is 2.35. The Kier molecular flexibility index (Phi) is 5.95. The second-order valence-electron chi connectivity index (χ2n) is 6.63. The summed E-state index contributed by atoms with van der Waals surface area (Å²) >= 11 is 0. The number of methoxy groups -OCH3 is 2. The maximum absolute atomic E-state index is 12.8. The predicted molar refractivity (Wildman–Crippen MR) is 116 cm³/mol. The molecule has 0 aliphatic heterocycles. The molecule has 0 saturated carbocycles. The zero-order valence-corrected chi connectivity index (χ0v) is 17.9. The van der Waals surface area contributed by atoms with E-state index < -0.39 is 16.2 Å². The highest BCUT2D eigenvalue weighted by Gasteiger charge is 2.20. The maximum atomic E-state index is 12.8. The minimum absolute atomic E-state index is 0.175. The summed E-state index contributed by atoms with van der Waals surface area (Å²) in [6, 6.07) is 2.77. The lowest BCUT2D eigenvalue weighted by Crippen LogP contribution is -2.39. The van der Waals surface area contributed by atoms with E-state index in [1.165, 1.54) is 37.0 Å². The summed E-state index contributed by atoms with van der Waals surface area (Å²) in [7, 11) is 4.49. The summed E-state index contributed by atoms with van der Waals surface area (Å²) in [5, 5.41) is 11.5. The summed E-state index contributed by atoms with van der Waals surface area (Å²) in [6.07, 6.45) is 3.06.